The first-order valence-electron chi connectivity index (χ1n) is 3.61. The molecule has 1 fully saturated rings. The highest BCUT2D eigenvalue weighted by Crippen LogP contribution is 2.25. The number of hydrogen-bond donors (Lipinski definition) is 0. The van der Waals surface area contributed by atoms with Gasteiger partial charge in [-0.3, -0.25) is 9.59 Å². The number of ether oxygens (including phenoxy) is 1. The van der Waals surface area contributed by atoms with E-state index in [1.165, 1.54) is 0 Å². The Balaban J connectivity index is 2.36. The number of fused-ring (bicyclic) bond motifs is 2. The summed E-state index contributed by atoms with van der Waals surface area (Å²) in [6.07, 6.45) is 2.42. The second-order valence-electron chi connectivity index (χ2n) is 2.89. The molecule has 0 aromatic carbocycles. The third-order valence-corrected chi connectivity index (χ3v) is 2.17. The SMILES string of the molecule is CC1C(=O)C2C=CC(O2)C1=O. The Morgan fingerprint density at radius 3 is 2.09 bits per heavy atom. The number of ketones is 2. The lowest BCUT2D eigenvalue weighted by molar-refractivity contribution is -0.151. The van der Waals surface area contributed by atoms with E-state index < -0.39 is 18.1 Å². The van der Waals surface area contributed by atoms with Crippen LogP contribution in [0.25, 0.3) is 0 Å². The lowest BCUT2D eigenvalue weighted by Gasteiger charge is -2.22. The summed E-state index contributed by atoms with van der Waals surface area (Å²) in [4.78, 5) is 22.4. The molecule has 2 heterocycles. The van der Waals surface area contributed by atoms with Crippen LogP contribution >= 0.6 is 0 Å². The van der Waals surface area contributed by atoms with E-state index in [4.69, 9.17) is 4.74 Å². The molecule has 58 valence electrons. The lowest BCUT2D eigenvalue weighted by atomic mass is 9.94. The van der Waals surface area contributed by atoms with Crippen molar-refractivity contribution in [2.45, 2.75) is 19.1 Å². The first kappa shape index (κ1) is 6.73. The Hall–Kier alpha value is -0.960. The van der Waals surface area contributed by atoms with Crippen molar-refractivity contribution in [2.24, 2.45) is 5.92 Å². The first-order valence-corrected chi connectivity index (χ1v) is 3.61. The molecule has 0 spiro atoms. The van der Waals surface area contributed by atoms with Crippen LogP contribution in [0.2, 0.25) is 0 Å². The van der Waals surface area contributed by atoms with Gasteiger partial charge in [-0.05, 0) is 19.1 Å². The standard InChI is InChI=1S/C8H8O3/c1-4-7(9)5-2-3-6(11-5)8(4)10/h2-6H,1H3. The van der Waals surface area contributed by atoms with E-state index in [9.17, 15) is 9.59 Å². The summed E-state index contributed by atoms with van der Waals surface area (Å²) in [6.45, 7) is 1.64. The Labute approximate surface area is 64.0 Å². The quantitative estimate of drug-likeness (QED) is 0.365. The fourth-order valence-electron chi connectivity index (χ4n) is 1.41. The monoisotopic (exact) mass is 152 g/mol. The van der Waals surface area contributed by atoms with Gasteiger partial charge in [-0.1, -0.05) is 0 Å². The second kappa shape index (κ2) is 2.01. The highest BCUT2D eigenvalue weighted by Gasteiger charge is 2.42. The smallest absolute Gasteiger partial charge is 0.175 e. The van der Waals surface area contributed by atoms with Gasteiger partial charge in [-0.15, -0.1) is 0 Å². The summed E-state index contributed by atoms with van der Waals surface area (Å²) in [5, 5.41) is 0. The third-order valence-electron chi connectivity index (χ3n) is 2.17. The van der Waals surface area contributed by atoms with Crippen LogP contribution in [-0.4, -0.2) is 23.8 Å². The number of carbonyl (C=O) groups is 2. The molecule has 2 rings (SSSR count). The normalized spacial score (nSPS) is 41.7. The van der Waals surface area contributed by atoms with E-state index >= 15 is 0 Å². The van der Waals surface area contributed by atoms with Crippen molar-refractivity contribution in [2.75, 3.05) is 0 Å². The van der Waals surface area contributed by atoms with Crippen LogP contribution in [0.4, 0.5) is 0 Å². The molecule has 0 aromatic heterocycles. The Bertz CT molecular complexity index is 230. The number of Topliss-reactive ketones (excluding diaryl/α,β-unsaturated/α-hetero) is 2. The summed E-state index contributed by atoms with van der Waals surface area (Å²) in [6, 6.07) is 0. The molecule has 2 bridgehead atoms. The molecule has 2 aliphatic rings. The lowest BCUT2D eigenvalue weighted by Crippen LogP contribution is -2.42. The highest BCUT2D eigenvalue weighted by atomic mass is 16.5. The minimum absolute atomic E-state index is 0.111. The second-order valence-corrected chi connectivity index (χ2v) is 2.89. The van der Waals surface area contributed by atoms with Crippen LogP contribution in [0.5, 0.6) is 0 Å². The molecule has 0 radical (unpaired) electrons. The van der Waals surface area contributed by atoms with E-state index in [0.717, 1.165) is 0 Å². The highest BCUT2D eigenvalue weighted by molar-refractivity contribution is 6.10. The van der Waals surface area contributed by atoms with Gasteiger partial charge < -0.3 is 4.74 Å². The maximum atomic E-state index is 11.2. The fourth-order valence-corrected chi connectivity index (χ4v) is 1.41. The molecule has 0 aromatic rings. The molecule has 1 saturated heterocycles. The van der Waals surface area contributed by atoms with Crippen LogP contribution in [-0.2, 0) is 14.3 Å². The van der Waals surface area contributed by atoms with Crippen molar-refractivity contribution in [1.82, 2.24) is 0 Å². The molecule has 0 aliphatic carbocycles. The van der Waals surface area contributed by atoms with E-state index in [-0.39, 0.29) is 11.6 Å². The Kier molecular flexibility index (Phi) is 1.23. The van der Waals surface area contributed by atoms with E-state index in [1.807, 2.05) is 0 Å². The molecule has 0 saturated carbocycles. The average Bonchev–Trinajstić information content (AvgIpc) is 2.44. The first-order chi connectivity index (χ1) is 5.20. The van der Waals surface area contributed by atoms with Gasteiger partial charge in [-0.25, -0.2) is 0 Å². The van der Waals surface area contributed by atoms with E-state index in [0.29, 0.717) is 0 Å². The van der Waals surface area contributed by atoms with Crippen LogP contribution in [0.1, 0.15) is 6.92 Å². The Morgan fingerprint density at radius 1 is 1.18 bits per heavy atom. The van der Waals surface area contributed by atoms with E-state index in [2.05, 4.69) is 0 Å². The van der Waals surface area contributed by atoms with Crippen LogP contribution in [0, 0.1) is 5.92 Å². The minimum Gasteiger partial charge on any atom is -0.351 e. The van der Waals surface area contributed by atoms with Gasteiger partial charge in [0, 0.05) is 0 Å². The molecule has 3 heteroatoms. The largest absolute Gasteiger partial charge is 0.351 e. The fraction of sp³-hybridized carbons (Fsp3) is 0.500. The average molecular weight is 152 g/mol. The van der Waals surface area contributed by atoms with Crippen LogP contribution in [0.15, 0.2) is 12.2 Å². The summed E-state index contributed by atoms with van der Waals surface area (Å²) < 4.78 is 5.08. The zero-order valence-corrected chi connectivity index (χ0v) is 6.11. The molecule has 0 N–H and O–H groups in total. The summed E-state index contributed by atoms with van der Waals surface area (Å²) in [5.74, 6) is -0.700. The predicted octanol–water partition coefficient (Wildman–Crippen LogP) is 0.0979. The van der Waals surface area contributed by atoms with Crippen molar-refractivity contribution in [3.8, 4) is 0 Å². The van der Waals surface area contributed by atoms with Gasteiger partial charge in [0.15, 0.2) is 11.6 Å². The molecular formula is C8H8O3. The molecule has 2 unspecified atom stereocenters. The van der Waals surface area contributed by atoms with Crippen molar-refractivity contribution < 1.29 is 14.3 Å². The number of rotatable bonds is 0. The van der Waals surface area contributed by atoms with Crippen molar-refractivity contribution in [3.63, 3.8) is 0 Å². The topological polar surface area (TPSA) is 43.4 Å². The zero-order chi connectivity index (χ0) is 8.01. The molecule has 2 atom stereocenters. The molecular weight excluding hydrogens is 144 g/mol. The number of hydrogen-bond acceptors (Lipinski definition) is 3. The summed E-state index contributed by atoms with van der Waals surface area (Å²) in [7, 11) is 0. The van der Waals surface area contributed by atoms with Gasteiger partial charge in [0.2, 0.25) is 0 Å². The predicted molar refractivity (Wildman–Crippen MR) is 37.0 cm³/mol. The van der Waals surface area contributed by atoms with Gasteiger partial charge in [0.1, 0.15) is 12.2 Å². The van der Waals surface area contributed by atoms with Crippen LogP contribution in [0.3, 0.4) is 0 Å². The van der Waals surface area contributed by atoms with Crippen molar-refractivity contribution in [3.05, 3.63) is 12.2 Å². The van der Waals surface area contributed by atoms with Gasteiger partial charge in [0.25, 0.3) is 0 Å². The van der Waals surface area contributed by atoms with Gasteiger partial charge >= 0.3 is 0 Å². The summed E-state index contributed by atoms with van der Waals surface area (Å²) >= 11 is 0. The zero-order valence-electron chi connectivity index (χ0n) is 6.11. The third kappa shape index (κ3) is 0.775. The van der Waals surface area contributed by atoms with Crippen molar-refractivity contribution >= 4 is 11.6 Å². The Morgan fingerprint density at radius 2 is 1.64 bits per heavy atom. The maximum absolute atomic E-state index is 11.2. The van der Waals surface area contributed by atoms with Gasteiger partial charge in [-0.2, -0.15) is 0 Å². The molecule has 11 heavy (non-hydrogen) atoms. The van der Waals surface area contributed by atoms with Crippen LogP contribution < -0.4 is 0 Å². The van der Waals surface area contributed by atoms with Crippen molar-refractivity contribution in [1.29, 1.82) is 0 Å². The molecule has 2 aliphatic heterocycles. The molecule has 3 nitrogen and oxygen atoms in total. The number of carbonyl (C=O) groups excluding carboxylic acids is 2. The minimum atomic E-state index is -0.478. The van der Waals surface area contributed by atoms with E-state index in [1.54, 1.807) is 19.1 Å². The summed E-state index contributed by atoms with van der Waals surface area (Å²) in [5.41, 5.74) is 0. The molecule has 0 amide bonds. The maximum Gasteiger partial charge on any atom is 0.175 e. The van der Waals surface area contributed by atoms with Gasteiger partial charge in [0.05, 0.1) is 5.92 Å².